The van der Waals surface area contributed by atoms with Crippen molar-refractivity contribution in [1.29, 1.82) is 0 Å². The van der Waals surface area contributed by atoms with Crippen LogP contribution >= 0.6 is 0 Å². The second kappa shape index (κ2) is 9.80. The lowest BCUT2D eigenvalue weighted by Crippen LogP contribution is -2.43. The average Bonchev–Trinajstić information content (AvgIpc) is 3.40. The summed E-state index contributed by atoms with van der Waals surface area (Å²) in [5.74, 6) is 0.766. The molecule has 0 bridgehead atoms. The first-order valence-electron chi connectivity index (χ1n) is 11.9. The van der Waals surface area contributed by atoms with Gasteiger partial charge in [-0.3, -0.25) is 4.79 Å². The Bertz CT molecular complexity index is 860. The third-order valence-electron chi connectivity index (χ3n) is 7.54. The van der Waals surface area contributed by atoms with Crippen molar-refractivity contribution in [3.63, 3.8) is 0 Å². The number of aliphatic hydroxyl groups excluding tert-OH is 1. The fourth-order valence-corrected chi connectivity index (χ4v) is 5.41. The van der Waals surface area contributed by atoms with Crippen molar-refractivity contribution in [3.05, 3.63) is 53.3 Å². The van der Waals surface area contributed by atoms with Crippen LogP contribution in [0.5, 0.6) is 5.75 Å². The molecule has 0 saturated carbocycles. The number of hydrogen-bond acceptors (Lipinski definition) is 5. The maximum atomic E-state index is 13.1. The predicted octanol–water partition coefficient (Wildman–Crippen LogP) is 4.18. The Balaban J connectivity index is 0.00000141. The van der Waals surface area contributed by atoms with Crippen molar-refractivity contribution in [1.82, 2.24) is 5.32 Å². The first kappa shape index (κ1) is 24.5. The van der Waals surface area contributed by atoms with E-state index in [2.05, 4.69) is 29.6 Å². The lowest BCUT2D eigenvalue weighted by molar-refractivity contribution is -0.123. The van der Waals surface area contributed by atoms with Crippen LogP contribution in [-0.2, 0) is 11.2 Å². The van der Waals surface area contributed by atoms with Crippen molar-refractivity contribution in [3.8, 4) is 5.75 Å². The number of ketones is 1. The van der Waals surface area contributed by atoms with Gasteiger partial charge in [0.1, 0.15) is 5.75 Å². The quantitative estimate of drug-likeness (QED) is 0.577. The molecule has 1 aromatic rings. The lowest BCUT2D eigenvalue weighted by Gasteiger charge is -2.35. The van der Waals surface area contributed by atoms with E-state index in [-0.39, 0.29) is 42.1 Å². The lowest BCUT2D eigenvalue weighted by atomic mass is 9.71. The van der Waals surface area contributed by atoms with E-state index in [1.165, 1.54) is 0 Å². The van der Waals surface area contributed by atoms with Crippen molar-refractivity contribution >= 4 is 5.78 Å². The van der Waals surface area contributed by atoms with Gasteiger partial charge in [-0.05, 0) is 50.3 Å². The first-order valence-corrected chi connectivity index (χ1v) is 11.9. The van der Waals surface area contributed by atoms with Gasteiger partial charge in [-0.15, -0.1) is 0 Å². The SMILES string of the molecule is CC.COc1ccc(CC2C3=C(NC2CC2(CO)CC=CC2)C(C)C(C)(O)CC3=O)cc1. The Morgan fingerprint density at radius 3 is 2.34 bits per heavy atom. The number of hydrogen-bond donors (Lipinski definition) is 3. The molecule has 0 radical (unpaired) electrons. The highest BCUT2D eigenvalue weighted by atomic mass is 16.5. The highest BCUT2D eigenvalue weighted by Crippen LogP contribution is 2.47. The van der Waals surface area contributed by atoms with Gasteiger partial charge in [0.15, 0.2) is 5.78 Å². The standard InChI is InChI=1S/C25H33NO4.C2H6/c1-16-23-22(21(28)14-24(16,2)29)19(12-17-6-8-18(30-3)9-7-17)20(26-23)13-25(15-27)10-4-5-11-25;1-2/h4-9,16,19-20,26-27,29H,10-15H2,1-3H3;1-2H3. The molecule has 1 aliphatic heterocycles. The van der Waals surface area contributed by atoms with Crippen molar-refractivity contribution in [2.24, 2.45) is 17.3 Å². The van der Waals surface area contributed by atoms with Crippen molar-refractivity contribution in [2.45, 2.75) is 71.4 Å². The van der Waals surface area contributed by atoms with Gasteiger partial charge in [0.25, 0.3) is 0 Å². The monoisotopic (exact) mass is 441 g/mol. The van der Waals surface area contributed by atoms with Crippen LogP contribution in [0.2, 0.25) is 0 Å². The summed E-state index contributed by atoms with van der Waals surface area (Å²) in [6.07, 6.45) is 7.73. The molecule has 4 atom stereocenters. The average molecular weight is 442 g/mol. The Morgan fingerprint density at radius 2 is 1.78 bits per heavy atom. The third kappa shape index (κ3) is 4.65. The number of aliphatic hydroxyl groups is 2. The summed E-state index contributed by atoms with van der Waals surface area (Å²) >= 11 is 0. The number of carbonyl (C=O) groups is 1. The normalized spacial score (nSPS) is 30.5. The van der Waals surface area contributed by atoms with Gasteiger partial charge >= 0.3 is 0 Å². The predicted molar refractivity (Wildman–Crippen MR) is 127 cm³/mol. The smallest absolute Gasteiger partial charge is 0.163 e. The Labute approximate surface area is 192 Å². The highest BCUT2D eigenvalue weighted by molar-refractivity contribution is 5.99. The summed E-state index contributed by atoms with van der Waals surface area (Å²) in [6, 6.07) is 8.08. The van der Waals surface area contributed by atoms with Gasteiger partial charge in [-0.2, -0.15) is 0 Å². The minimum absolute atomic E-state index is 0.0310. The second-order valence-corrected chi connectivity index (χ2v) is 9.66. The summed E-state index contributed by atoms with van der Waals surface area (Å²) in [5.41, 5.74) is 1.71. The van der Waals surface area contributed by atoms with Gasteiger partial charge in [-0.1, -0.05) is 45.1 Å². The molecular weight excluding hydrogens is 402 g/mol. The first-order chi connectivity index (χ1) is 15.3. The maximum absolute atomic E-state index is 13.1. The minimum Gasteiger partial charge on any atom is -0.497 e. The van der Waals surface area contributed by atoms with Crippen LogP contribution in [-0.4, -0.2) is 41.4 Å². The molecule has 2 aliphatic carbocycles. The molecular formula is C27H39NO4. The second-order valence-electron chi connectivity index (χ2n) is 9.66. The topological polar surface area (TPSA) is 78.8 Å². The number of carbonyl (C=O) groups excluding carboxylic acids is 1. The number of allylic oxidation sites excluding steroid dienone is 2. The Hall–Kier alpha value is -2.11. The molecule has 176 valence electrons. The fraction of sp³-hybridized carbons (Fsp3) is 0.593. The van der Waals surface area contributed by atoms with Crippen molar-refractivity contribution in [2.75, 3.05) is 13.7 Å². The summed E-state index contributed by atoms with van der Waals surface area (Å²) < 4.78 is 5.28. The van der Waals surface area contributed by atoms with Gasteiger partial charge in [-0.25, -0.2) is 0 Å². The van der Waals surface area contributed by atoms with E-state index in [1.807, 2.05) is 32.9 Å². The highest BCUT2D eigenvalue weighted by Gasteiger charge is 2.50. The van der Waals surface area contributed by atoms with Crippen LogP contribution in [0, 0.1) is 17.3 Å². The molecule has 0 fully saturated rings. The number of nitrogens with one attached hydrogen (secondary N) is 1. The molecule has 0 aromatic heterocycles. The molecule has 4 unspecified atom stereocenters. The van der Waals surface area contributed by atoms with Gasteiger partial charge in [0, 0.05) is 47.6 Å². The van der Waals surface area contributed by atoms with E-state index in [0.29, 0.717) is 0 Å². The van der Waals surface area contributed by atoms with E-state index >= 15 is 0 Å². The summed E-state index contributed by atoms with van der Waals surface area (Å²) in [4.78, 5) is 13.1. The van der Waals surface area contributed by atoms with Crippen LogP contribution in [0.4, 0.5) is 0 Å². The number of rotatable bonds is 6. The molecule has 0 spiro atoms. The van der Waals surface area contributed by atoms with E-state index in [0.717, 1.165) is 48.3 Å². The zero-order valence-corrected chi connectivity index (χ0v) is 20.1. The van der Waals surface area contributed by atoms with E-state index < -0.39 is 5.60 Å². The number of ether oxygens (including phenoxy) is 1. The Morgan fingerprint density at radius 1 is 1.16 bits per heavy atom. The van der Waals surface area contributed by atoms with Crippen molar-refractivity contribution < 1.29 is 19.7 Å². The molecule has 5 nitrogen and oxygen atoms in total. The molecule has 0 saturated heterocycles. The number of methoxy groups -OCH3 is 1. The van der Waals surface area contributed by atoms with Crippen LogP contribution in [0.25, 0.3) is 0 Å². The van der Waals surface area contributed by atoms with Gasteiger partial charge in [0.05, 0.1) is 12.7 Å². The molecule has 32 heavy (non-hydrogen) atoms. The molecule has 0 amide bonds. The van der Waals surface area contributed by atoms with Gasteiger partial charge in [0.2, 0.25) is 0 Å². The minimum atomic E-state index is -1.04. The fourth-order valence-electron chi connectivity index (χ4n) is 5.41. The molecule has 1 heterocycles. The number of Topliss-reactive ketones (excluding diaryl/α,β-unsaturated/α-hetero) is 1. The molecule has 3 N–H and O–H groups in total. The number of benzene rings is 1. The zero-order chi connectivity index (χ0) is 23.5. The van der Waals surface area contributed by atoms with Gasteiger partial charge < -0.3 is 20.3 Å². The largest absolute Gasteiger partial charge is 0.497 e. The Kier molecular flexibility index (Phi) is 7.51. The summed E-state index contributed by atoms with van der Waals surface area (Å²) in [5, 5.41) is 24.6. The summed E-state index contributed by atoms with van der Waals surface area (Å²) in [6.45, 7) is 7.89. The zero-order valence-electron chi connectivity index (χ0n) is 20.1. The van der Waals surface area contributed by atoms with E-state index in [1.54, 1.807) is 14.0 Å². The van der Waals surface area contributed by atoms with Crippen LogP contribution in [0.15, 0.2) is 47.7 Å². The van der Waals surface area contributed by atoms with E-state index in [9.17, 15) is 15.0 Å². The summed E-state index contributed by atoms with van der Waals surface area (Å²) in [7, 11) is 1.65. The maximum Gasteiger partial charge on any atom is 0.163 e. The van der Waals surface area contributed by atoms with Crippen LogP contribution < -0.4 is 10.1 Å². The van der Waals surface area contributed by atoms with Crippen LogP contribution in [0.1, 0.15) is 58.9 Å². The third-order valence-corrected chi connectivity index (χ3v) is 7.54. The molecule has 4 rings (SSSR count). The molecule has 3 aliphatic rings. The molecule has 5 heteroatoms. The van der Waals surface area contributed by atoms with Crippen LogP contribution in [0.3, 0.4) is 0 Å². The molecule has 1 aromatic carbocycles. The van der Waals surface area contributed by atoms with E-state index in [4.69, 9.17) is 4.74 Å².